The second-order valence-electron chi connectivity index (χ2n) is 3.15. The maximum Gasteiger partial charge on any atom is 0.137 e. The molecule has 0 unspecified atom stereocenters. The lowest BCUT2D eigenvalue weighted by molar-refractivity contribution is 0.280. The maximum atomic E-state index is 12.9. The molecular formula is C10H14BrClFNO. The van der Waals surface area contributed by atoms with Gasteiger partial charge in [0.05, 0.1) is 4.47 Å². The monoisotopic (exact) mass is 297 g/mol. The highest BCUT2D eigenvalue weighted by Gasteiger charge is 2.07. The zero-order valence-electron chi connectivity index (χ0n) is 8.12. The van der Waals surface area contributed by atoms with Gasteiger partial charge in [0.2, 0.25) is 0 Å². The fourth-order valence-corrected chi connectivity index (χ4v) is 1.62. The summed E-state index contributed by atoms with van der Waals surface area (Å²) in [5, 5.41) is 8.64. The minimum atomic E-state index is -0.289. The van der Waals surface area contributed by atoms with Crippen LogP contribution in [0.2, 0.25) is 0 Å². The zero-order valence-corrected chi connectivity index (χ0v) is 10.5. The van der Waals surface area contributed by atoms with Crippen molar-refractivity contribution in [1.82, 2.24) is 0 Å². The Morgan fingerprint density at radius 1 is 1.47 bits per heavy atom. The molecule has 1 aromatic carbocycles. The minimum Gasteiger partial charge on any atom is -0.396 e. The van der Waals surface area contributed by atoms with Gasteiger partial charge in [-0.2, -0.15) is 0 Å². The van der Waals surface area contributed by atoms with Gasteiger partial charge in [-0.1, -0.05) is 6.07 Å². The topological polar surface area (TPSA) is 46.2 Å². The van der Waals surface area contributed by atoms with Gasteiger partial charge in [0.15, 0.2) is 0 Å². The number of aliphatic hydroxyl groups is 1. The second kappa shape index (κ2) is 7.17. The van der Waals surface area contributed by atoms with Crippen LogP contribution in [0, 0.1) is 5.82 Å². The Morgan fingerprint density at radius 2 is 2.13 bits per heavy atom. The Bertz CT molecular complexity index is 311. The molecule has 1 rings (SSSR count). The Balaban J connectivity index is 0.00000196. The maximum absolute atomic E-state index is 12.9. The van der Waals surface area contributed by atoms with E-state index in [1.165, 1.54) is 6.07 Å². The number of hydrogen-bond donors (Lipinski definition) is 2. The van der Waals surface area contributed by atoms with Crippen molar-refractivity contribution in [1.29, 1.82) is 0 Å². The summed E-state index contributed by atoms with van der Waals surface area (Å²) in [5.41, 5.74) is 6.73. The Kier molecular flexibility index (Phi) is 7.09. The van der Waals surface area contributed by atoms with E-state index in [1.807, 2.05) is 0 Å². The fraction of sp³-hybridized carbons (Fsp3) is 0.400. The van der Waals surface area contributed by atoms with Crippen LogP contribution >= 0.6 is 28.3 Å². The van der Waals surface area contributed by atoms with Gasteiger partial charge in [0.25, 0.3) is 0 Å². The largest absolute Gasteiger partial charge is 0.396 e. The summed E-state index contributed by atoms with van der Waals surface area (Å²) in [6, 6.07) is 4.59. The van der Waals surface area contributed by atoms with Crippen LogP contribution in [0.1, 0.15) is 24.4 Å². The Labute approximate surface area is 103 Å². The van der Waals surface area contributed by atoms with E-state index in [0.29, 0.717) is 17.3 Å². The minimum absolute atomic E-state index is 0. The zero-order chi connectivity index (χ0) is 10.6. The standard InChI is InChI=1S/C10H13BrFNO.ClH/c11-8-6-7(3-4-9(8)12)10(13)2-1-5-14;/h3-4,6,10,14H,1-2,5,13H2;1H/t10-;/m1./s1. The van der Waals surface area contributed by atoms with Gasteiger partial charge in [0.1, 0.15) is 5.82 Å². The highest BCUT2D eigenvalue weighted by Crippen LogP contribution is 2.22. The molecule has 2 nitrogen and oxygen atoms in total. The summed E-state index contributed by atoms with van der Waals surface area (Å²) in [6.07, 6.45) is 1.37. The molecule has 86 valence electrons. The van der Waals surface area contributed by atoms with Crippen molar-refractivity contribution in [3.8, 4) is 0 Å². The van der Waals surface area contributed by atoms with Crippen molar-refractivity contribution in [2.75, 3.05) is 6.61 Å². The summed E-state index contributed by atoms with van der Waals surface area (Å²) in [4.78, 5) is 0. The van der Waals surface area contributed by atoms with Crippen LogP contribution in [-0.4, -0.2) is 11.7 Å². The van der Waals surface area contributed by atoms with Crippen molar-refractivity contribution in [3.05, 3.63) is 34.1 Å². The highest BCUT2D eigenvalue weighted by atomic mass is 79.9. The molecule has 3 N–H and O–H groups in total. The quantitative estimate of drug-likeness (QED) is 0.898. The summed E-state index contributed by atoms with van der Waals surface area (Å²) in [5.74, 6) is -0.289. The predicted molar refractivity (Wildman–Crippen MR) is 64.6 cm³/mol. The van der Waals surface area contributed by atoms with Gasteiger partial charge >= 0.3 is 0 Å². The van der Waals surface area contributed by atoms with E-state index in [4.69, 9.17) is 10.8 Å². The molecule has 0 saturated carbocycles. The number of hydrogen-bond acceptors (Lipinski definition) is 2. The molecule has 0 spiro atoms. The lowest BCUT2D eigenvalue weighted by atomic mass is 10.0. The van der Waals surface area contributed by atoms with Gasteiger partial charge in [-0.05, 0) is 46.5 Å². The van der Waals surface area contributed by atoms with E-state index in [9.17, 15) is 4.39 Å². The number of aliphatic hydroxyl groups excluding tert-OH is 1. The first-order valence-electron chi connectivity index (χ1n) is 4.46. The van der Waals surface area contributed by atoms with Crippen LogP contribution in [0.4, 0.5) is 4.39 Å². The summed E-state index contributed by atoms with van der Waals surface area (Å²) < 4.78 is 13.3. The van der Waals surface area contributed by atoms with E-state index < -0.39 is 0 Å². The molecule has 0 aliphatic rings. The third-order valence-corrected chi connectivity index (χ3v) is 2.65. The van der Waals surface area contributed by atoms with Crippen molar-refractivity contribution in [3.63, 3.8) is 0 Å². The average molecular weight is 299 g/mol. The average Bonchev–Trinajstić information content (AvgIpc) is 2.18. The van der Waals surface area contributed by atoms with Crippen LogP contribution in [0.3, 0.4) is 0 Å². The highest BCUT2D eigenvalue weighted by molar-refractivity contribution is 9.10. The molecule has 1 atom stereocenters. The molecule has 0 fully saturated rings. The summed E-state index contributed by atoms with van der Waals surface area (Å²) in [7, 11) is 0. The van der Waals surface area contributed by atoms with Gasteiger partial charge in [-0.3, -0.25) is 0 Å². The molecule has 0 aromatic heterocycles. The second-order valence-corrected chi connectivity index (χ2v) is 4.00. The van der Waals surface area contributed by atoms with E-state index in [2.05, 4.69) is 15.9 Å². The van der Waals surface area contributed by atoms with Crippen LogP contribution < -0.4 is 5.73 Å². The molecule has 0 heterocycles. The SMILES string of the molecule is Cl.N[C@H](CCCO)c1ccc(F)c(Br)c1. The number of nitrogens with two attached hydrogens (primary N) is 1. The van der Waals surface area contributed by atoms with Crippen molar-refractivity contribution in [2.45, 2.75) is 18.9 Å². The molecule has 0 amide bonds. The summed E-state index contributed by atoms with van der Waals surface area (Å²) in [6.45, 7) is 0.135. The molecule has 5 heteroatoms. The van der Waals surface area contributed by atoms with E-state index in [0.717, 1.165) is 5.56 Å². The van der Waals surface area contributed by atoms with Gasteiger partial charge in [-0.15, -0.1) is 12.4 Å². The van der Waals surface area contributed by atoms with E-state index in [1.54, 1.807) is 12.1 Å². The normalized spacial score (nSPS) is 12.0. The predicted octanol–water partition coefficient (Wildman–Crippen LogP) is 2.78. The summed E-state index contributed by atoms with van der Waals surface area (Å²) >= 11 is 3.10. The van der Waals surface area contributed by atoms with Crippen molar-refractivity contribution < 1.29 is 9.50 Å². The molecule has 15 heavy (non-hydrogen) atoms. The van der Waals surface area contributed by atoms with Gasteiger partial charge in [-0.25, -0.2) is 4.39 Å². The lowest BCUT2D eigenvalue weighted by Crippen LogP contribution is -2.10. The molecule has 0 radical (unpaired) electrons. The Morgan fingerprint density at radius 3 is 2.67 bits per heavy atom. The molecular weight excluding hydrogens is 284 g/mol. The first-order chi connectivity index (χ1) is 6.65. The molecule has 1 aromatic rings. The van der Waals surface area contributed by atoms with E-state index >= 15 is 0 Å². The number of benzene rings is 1. The van der Waals surface area contributed by atoms with Crippen molar-refractivity contribution >= 4 is 28.3 Å². The van der Waals surface area contributed by atoms with Crippen LogP contribution in [0.25, 0.3) is 0 Å². The van der Waals surface area contributed by atoms with Crippen LogP contribution in [0.15, 0.2) is 22.7 Å². The number of halogens is 3. The van der Waals surface area contributed by atoms with E-state index in [-0.39, 0.29) is 30.9 Å². The van der Waals surface area contributed by atoms with Crippen LogP contribution in [0.5, 0.6) is 0 Å². The van der Waals surface area contributed by atoms with Gasteiger partial charge < -0.3 is 10.8 Å². The third kappa shape index (κ3) is 4.47. The molecule has 0 saturated heterocycles. The Hall–Kier alpha value is -0.160. The van der Waals surface area contributed by atoms with Gasteiger partial charge in [0, 0.05) is 12.6 Å². The number of rotatable bonds is 4. The molecule has 0 aliphatic heterocycles. The molecule has 0 aliphatic carbocycles. The first-order valence-corrected chi connectivity index (χ1v) is 5.26. The van der Waals surface area contributed by atoms with Crippen molar-refractivity contribution in [2.24, 2.45) is 5.73 Å². The smallest absolute Gasteiger partial charge is 0.137 e. The first kappa shape index (κ1) is 14.8. The molecule has 0 bridgehead atoms. The van der Waals surface area contributed by atoms with Crippen LogP contribution in [-0.2, 0) is 0 Å². The fourth-order valence-electron chi connectivity index (χ4n) is 1.22. The lowest BCUT2D eigenvalue weighted by Gasteiger charge is -2.11. The third-order valence-electron chi connectivity index (χ3n) is 2.05.